The molecule has 166 valence electrons. The van der Waals surface area contributed by atoms with Crippen LogP contribution in [0.25, 0.3) is 0 Å². The smallest absolute Gasteiger partial charge is 0.344 e. The van der Waals surface area contributed by atoms with Crippen LogP contribution >= 0.6 is 22.9 Å². The summed E-state index contributed by atoms with van der Waals surface area (Å²) in [6.45, 7) is 1.18. The Kier molecular flexibility index (Phi) is 6.79. The Bertz CT molecular complexity index is 1130. The highest BCUT2D eigenvalue weighted by Crippen LogP contribution is 2.38. The van der Waals surface area contributed by atoms with Gasteiger partial charge in [0.15, 0.2) is 5.06 Å². The molecular weight excluding hydrogens is 450 g/mol. The average molecular weight is 472 g/mol. The molecule has 0 saturated carbocycles. The third-order valence-electron chi connectivity index (χ3n) is 5.38. The van der Waals surface area contributed by atoms with Crippen molar-refractivity contribution in [1.82, 2.24) is 4.90 Å². The van der Waals surface area contributed by atoms with Crippen molar-refractivity contribution in [2.24, 2.45) is 0 Å². The zero-order valence-electron chi connectivity index (χ0n) is 17.7. The molecule has 0 amide bonds. The molecule has 0 unspecified atom stereocenters. The minimum Gasteiger partial charge on any atom is -0.497 e. The summed E-state index contributed by atoms with van der Waals surface area (Å²) in [6, 6.07) is 15.3. The summed E-state index contributed by atoms with van der Waals surface area (Å²) in [6.07, 6.45) is 0.734. The normalized spacial score (nSPS) is 14.3. The summed E-state index contributed by atoms with van der Waals surface area (Å²) in [4.78, 5) is 28.3. The summed E-state index contributed by atoms with van der Waals surface area (Å²) in [7, 11) is 2.95. The number of carbonyl (C=O) groups is 2. The molecule has 0 spiro atoms. The molecule has 1 aromatic heterocycles. The molecule has 0 radical (unpaired) electrons. The molecule has 0 N–H and O–H groups in total. The second-order valence-electron chi connectivity index (χ2n) is 7.30. The second kappa shape index (κ2) is 9.73. The van der Waals surface area contributed by atoms with Crippen LogP contribution in [0.5, 0.6) is 10.8 Å². The predicted molar refractivity (Wildman–Crippen MR) is 123 cm³/mol. The number of thiophene rings is 1. The molecule has 0 bridgehead atoms. The molecule has 3 aromatic rings. The van der Waals surface area contributed by atoms with Crippen molar-refractivity contribution in [2.75, 3.05) is 20.8 Å². The first-order valence-electron chi connectivity index (χ1n) is 10.0. The monoisotopic (exact) mass is 471 g/mol. The SMILES string of the molecule is COC(=O)[C@H](c1ccccc1Cl)N1CCc2sc(OC(=O)c3ccc(OC)cc3)cc2C1. The van der Waals surface area contributed by atoms with E-state index in [1.54, 1.807) is 37.4 Å². The topological polar surface area (TPSA) is 65.1 Å². The van der Waals surface area contributed by atoms with E-state index in [1.165, 1.54) is 18.4 Å². The number of hydrogen-bond donors (Lipinski definition) is 0. The van der Waals surface area contributed by atoms with Gasteiger partial charge in [-0.25, -0.2) is 9.59 Å². The molecule has 32 heavy (non-hydrogen) atoms. The van der Waals surface area contributed by atoms with E-state index in [2.05, 4.69) is 0 Å². The van der Waals surface area contributed by atoms with Gasteiger partial charge in [-0.2, -0.15) is 0 Å². The number of rotatable bonds is 6. The minimum absolute atomic E-state index is 0.358. The van der Waals surface area contributed by atoms with Gasteiger partial charge in [0.2, 0.25) is 0 Å². The highest BCUT2D eigenvalue weighted by molar-refractivity contribution is 7.14. The standard InChI is InChI=1S/C24H22ClNO5S/c1-29-17-9-7-15(8-10-17)23(27)31-21-13-16-14-26(12-11-20(16)32-21)22(24(28)30-2)18-5-3-4-6-19(18)25/h3-10,13,22H,11-12,14H2,1-2H3/t22-/m0/s1. The van der Waals surface area contributed by atoms with Crippen LogP contribution in [0.4, 0.5) is 0 Å². The molecule has 0 aliphatic carbocycles. The number of halogens is 1. The van der Waals surface area contributed by atoms with Crippen LogP contribution < -0.4 is 9.47 Å². The molecule has 2 aromatic carbocycles. The molecule has 4 rings (SSSR count). The number of fused-ring (bicyclic) bond motifs is 1. The molecule has 1 aliphatic rings. The van der Waals surface area contributed by atoms with Gasteiger partial charge >= 0.3 is 11.9 Å². The van der Waals surface area contributed by atoms with E-state index in [0.29, 0.717) is 40.1 Å². The first kappa shape index (κ1) is 22.3. The van der Waals surface area contributed by atoms with Crippen LogP contribution in [0.1, 0.15) is 32.4 Å². The first-order valence-corrected chi connectivity index (χ1v) is 11.2. The van der Waals surface area contributed by atoms with E-state index in [9.17, 15) is 9.59 Å². The van der Waals surface area contributed by atoms with Crippen molar-refractivity contribution in [3.63, 3.8) is 0 Å². The predicted octanol–water partition coefficient (Wildman–Crippen LogP) is 4.90. The molecule has 0 saturated heterocycles. The van der Waals surface area contributed by atoms with Gasteiger partial charge in [0, 0.05) is 23.0 Å². The van der Waals surface area contributed by atoms with Crippen LogP contribution in [-0.2, 0) is 22.5 Å². The summed E-state index contributed by atoms with van der Waals surface area (Å²) in [5.41, 5.74) is 2.19. The van der Waals surface area contributed by atoms with E-state index < -0.39 is 12.0 Å². The Balaban J connectivity index is 1.52. The summed E-state index contributed by atoms with van der Waals surface area (Å²) < 4.78 is 15.8. The fourth-order valence-corrected chi connectivity index (χ4v) is 5.01. The number of methoxy groups -OCH3 is 2. The average Bonchev–Trinajstić information content (AvgIpc) is 3.22. The van der Waals surface area contributed by atoms with Crippen molar-refractivity contribution < 1.29 is 23.8 Å². The summed E-state index contributed by atoms with van der Waals surface area (Å²) in [5, 5.41) is 1.05. The molecule has 1 atom stereocenters. The maximum absolute atomic E-state index is 12.6. The van der Waals surface area contributed by atoms with Gasteiger partial charge in [-0.3, -0.25) is 4.90 Å². The zero-order chi connectivity index (χ0) is 22.7. The Hall–Kier alpha value is -2.87. The molecule has 8 heteroatoms. The molecule has 6 nitrogen and oxygen atoms in total. The van der Waals surface area contributed by atoms with E-state index >= 15 is 0 Å². The van der Waals surface area contributed by atoms with E-state index in [0.717, 1.165) is 16.9 Å². The van der Waals surface area contributed by atoms with Crippen molar-refractivity contribution in [3.8, 4) is 10.8 Å². The summed E-state index contributed by atoms with van der Waals surface area (Å²) >= 11 is 7.84. The van der Waals surface area contributed by atoms with E-state index in [4.69, 9.17) is 25.8 Å². The van der Waals surface area contributed by atoms with Crippen LogP contribution in [0.3, 0.4) is 0 Å². The van der Waals surface area contributed by atoms with Gasteiger partial charge in [-0.1, -0.05) is 29.8 Å². The molecule has 0 fully saturated rings. The highest BCUT2D eigenvalue weighted by Gasteiger charge is 2.33. The van der Waals surface area contributed by atoms with Gasteiger partial charge in [-0.15, -0.1) is 11.3 Å². The fraction of sp³-hybridized carbons (Fsp3) is 0.250. The summed E-state index contributed by atoms with van der Waals surface area (Å²) in [5.74, 6) is -0.110. The third-order valence-corrected chi connectivity index (χ3v) is 6.84. The van der Waals surface area contributed by atoms with Crippen LogP contribution in [0.2, 0.25) is 5.02 Å². The Labute approximate surface area is 195 Å². The Morgan fingerprint density at radius 3 is 2.53 bits per heavy atom. The largest absolute Gasteiger partial charge is 0.497 e. The van der Waals surface area contributed by atoms with Crippen molar-refractivity contribution in [3.05, 3.63) is 81.2 Å². The number of nitrogens with zero attached hydrogens (tertiary/aromatic N) is 1. The van der Waals surface area contributed by atoms with Crippen LogP contribution in [-0.4, -0.2) is 37.6 Å². The first-order chi connectivity index (χ1) is 15.5. The maximum Gasteiger partial charge on any atom is 0.344 e. The maximum atomic E-state index is 12.6. The minimum atomic E-state index is -0.605. The Morgan fingerprint density at radius 1 is 1.09 bits per heavy atom. The van der Waals surface area contributed by atoms with Crippen molar-refractivity contribution in [2.45, 2.75) is 19.0 Å². The van der Waals surface area contributed by atoms with Gasteiger partial charge < -0.3 is 14.2 Å². The third kappa shape index (κ3) is 4.65. The molecular formula is C24H22ClNO5S. The van der Waals surface area contributed by atoms with Crippen molar-refractivity contribution >= 4 is 34.9 Å². The number of carbonyl (C=O) groups excluding carboxylic acids is 2. The lowest BCUT2D eigenvalue weighted by Crippen LogP contribution is -2.38. The number of ether oxygens (including phenoxy) is 3. The van der Waals surface area contributed by atoms with E-state index in [1.807, 2.05) is 29.2 Å². The van der Waals surface area contributed by atoms with Crippen molar-refractivity contribution in [1.29, 1.82) is 0 Å². The van der Waals surface area contributed by atoms with Gasteiger partial charge in [0.1, 0.15) is 11.8 Å². The molecule has 2 heterocycles. The van der Waals surface area contributed by atoms with Gasteiger partial charge in [0.05, 0.1) is 19.8 Å². The lowest BCUT2D eigenvalue weighted by atomic mass is 10.0. The lowest BCUT2D eigenvalue weighted by molar-refractivity contribution is -0.147. The molecule has 1 aliphatic heterocycles. The highest BCUT2D eigenvalue weighted by atomic mass is 35.5. The van der Waals surface area contributed by atoms with Crippen LogP contribution in [0, 0.1) is 0 Å². The lowest BCUT2D eigenvalue weighted by Gasteiger charge is -2.33. The zero-order valence-corrected chi connectivity index (χ0v) is 19.2. The number of esters is 2. The van der Waals surface area contributed by atoms with Gasteiger partial charge in [-0.05, 0) is 53.9 Å². The second-order valence-corrected chi connectivity index (χ2v) is 8.81. The number of benzene rings is 2. The Morgan fingerprint density at radius 2 is 1.84 bits per heavy atom. The number of hydrogen-bond acceptors (Lipinski definition) is 7. The van der Waals surface area contributed by atoms with E-state index in [-0.39, 0.29) is 5.97 Å². The quantitative estimate of drug-likeness (QED) is 0.476. The van der Waals surface area contributed by atoms with Gasteiger partial charge in [0.25, 0.3) is 0 Å². The van der Waals surface area contributed by atoms with Crippen LogP contribution in [0.15, 0.2) is 54.6 Å². The fourth-order valence-electron chi connectivity index (χ4n) is 3.76.